The molecule has 1 saturated carbocycles. The van der Waals surface area contributed by atoms with E-state index in [1.54, 1.807) is 11.4 Å². The molecule has 2 aliphatic carbocycles. The molecule has 0 aliphatic heterocycles. The second-order valence-electron chi connectivity index (χ2n) is 5.94. The summed E-state index contributed by atoms with van der Waals surface area (Å²) in [5.41, 5.74) is 5.27. The summed E-state index contributed by atoms with van der Waals surface area (Å²) in [7, 11) is 0. The van der Waals surface area contributed by atoms with E-state index in [4.69, 9.17) is 0 Å². The Labute approximate surface area is 137 Å². The second kappa shape index (κ2) is 6.16. The van der Waals surface area contributed by atoms with Gasteiger partial charge in [0.1, 0.15) is 0 Å². The first kappa shape index (κ1) is 15.7. The number of carbonyl (C=O) groups excluding carboxylic acids is 2. The molecule has 0 saturated heterocycles. The zero-order valence-electron chi connectivity index (χ0n) is 12.6. The summed E-state index contributed by atoms with van der Waals surface area (Å²) in [6.45, 7) is 2.00. The minimum atomic E-state index is -0.959. The fourth-order valence-electron chi connectivity index (χ4n) is 3.48. The largest absolute Gasteiger partial charge is 0.481 e. The molecule has 2 aliphatic rings. The third-order valence-corrected chi connectivity index (χ3v) is 5.69. The Balaban J connectivity index is 1.62. The molecule has 6 nitrogen and oxygen atoms in total. The number of rotatable bonds is 4. The number of hydrogen-bond acceptors (Lipinski definition) is 4. The van der Waals surface area contributed by atoms with E-state index in [0.717, 1.165) is 11.3 Å². The Morgan fingerprint density at radius 1 is 1.22 bits per heavy atom. The van der Waals surface area contributed by atoms with E-state index < -0.39 is 23.7 Å². The lowest BCUT2D eigenvalue weighted by Gasteiger charge is -2.23. The Bertz CT molecular complexity index is 681. The summed E-state index contributed by atoms with van der Waals surface area (Å²) in [4.78, 5) is 36.8. The highest BCUT2D eigenvalue weighted by Crippen LogP contribution is 2.48. The Morgan fingerprint density at radius 2 is 1.91 bits per heavy atom. The first-order valence-corrected chi connectivity index (χ1v) is 8.48. The number of carboxylic acid groups (broad SMARTS) is 1. The van der Waals surface area contributed by atoms with Crippen LogP contribution < -0.4 is 10.9 Å². The van der Waals surface area contributed by atoms with Crippen LogP contribution in [0.25, 0.3) is 0 Å². The molecule has 0 unspecified atom stereocenters. The molecule has 1 aromatic heterocycles. The Morgan fingerprint density at radius 3 is 2.52 bits per heavy atom. The summed E-state index contributed by atoms with van der Waals surface area (Å²) in [5.74, 6) is -3.28. The topological polar surface area (TPSA) is 95.5 Å². The molecule has 0 radical (unpaired) electrons. The summed E-state index contributed by atoms with van der Waals surface area (Å²) in [5, 5.41) is 11.1. The molecule has 1 fully saturated rings. The molecule has 0 spiro atoms. The number of amides is 2. The molecule has 3 N–H and O–H groups in total. The van der Waals surface area contributed by atoms with Crippen molar-refractivity contribution in [3.05, 3.63) is 34.0 Å². The van der Waals surface area contributed by atoms with Gasteiger partial charge in [-0.3, -0.25) is 25.2 Å². The summed E-state index contributed by atoms with van der Waals surface area (Å²) in [6, 6.07) is 1.78. The van der Waals surface area contributed by atoms with Gasteiger partial charge in [0, 0.05) is 10.3 Å². The lowest BCUT2D eigenvalue weighted by molar-refractivity contribution is -0.148. The van der Waals surface area contributed by atoms with Gasteiger partial charge < -0.3 is 5.11 Å². The predicted molar refractivity (Wildman–Crippen MR) is 84.7 cm³/mol. The van der Waals surface area contributed by atoms with Gasteiger partial charge in [0.2, 0.25) is 5.91 Å². The molecule has 23 heavy (non-hydrogen) atoms. The highest BCUT2D eigenvalue weighted by atomic mass is 32.1. The van der Waals surface area contributed by atoms with Crippen molar-refractivity contribution in [2.24, 2.45) is 23.7 Å². The summed E-state index contributed by atoms with van der Waals surface area (Å²) in [6.07, 6.45) is 5.32. The third kappa shape index (κ3) is 2.88. The van der Waals surface area contributed by atoms with Crippen LogP contribution in [-0.4, -0.2) is 22.9 Å². The van der Waals surface area contributed by atoms with Crippen molar-refractivity contribution in [3.8, 4) is 0 Å². The number of hydrogen-bond donors (Lipinski definition) is 3. The van der Waals surface area contributed by atoms with Gasteiger partial charge in [0.05, 0.1) is 17.4 Å². The van der Waals surface area contributed by atoms with Gasteiger partial charge in [-0.05, 0) is 30.7 Å². The number of aliphatic carboxylic acids is 1. The number of fused-ring (bicyclic) bond motifs is 2. The standard InChI is InChI=1S/C16H18N2O4S/c1-2-11-6-10(7-23-11)14(19)17-18-15(20)12-8-3-4-9(5-8)13(12)16(21)22/h3-4,6-9,12-13H,2,5H2,1H3,(H,17,19)(H,18,20)(H,21,22)/t8-,9-,12+,13-/m0/s1. The van der Waals surface area contributed by atoms with Crippen LogP contribution in [0.2, 0.25) is 0 Å². The predicted octanol–water partition coefficient (Wildman–Crippen LogP) is 1.59. The maximum Gasteiger partial charge on any atom is 0.307 e. The van der Waals surface area contributed by atoms with Crippen LogP contribution in [0, 0.1) is 23.7 Å². The van der Waals surface area contributed by atoms with Gasteiger partial charge in [-0.2, -0.15) is 0 Å². The molecule has 0 aromatic carbocycles. The van der Waals surface area contributed by atoms with Crippen molar-refractivity contribution in [1.29, 1.82) is 0 Å². The molecular weight excluding hydrogens is 316 g/mol. The first-order valence-electron chi connectivity index (χ1n) is 7.60. The number of carboxylic acids is 1. The van der Waals surface area contributed by atoms with Crippen molar-refractivity contribution < 1.29 is 19.5 Å². The molecule has 1 heterocycles. The van der Waals surface area contributed by atoms with Gasteiger partial charge in [-0.1, -0.05) is 19.1 Å². The van der Waals surface area contributed by atoms with Gasteiger partial charge in [0.15, 0.2) is 0 Å². The van der Waals surface area contributed by atoms with E-state index in [2.05, 4.69) is 10.9 Å². The van der Waals surface area contributed by atoms with Crippen LogP contribution in [0.3, 0.4) is 0 Å². The van der Waals surface area contributed by atoms with E-state index in [1.807, 2.05) is 19.1 Å². The number of hydrazine groups is 1. The molecule has 1 aromatic rings. The maximum absolute atomic E-state index is 12.3. The highest BCUT2D eigenvalue weighted by Gasteiger charge is 2.51. The Hall–Kier alpha value is -2.15. The van der Waals surface area contributed by atoms with Crippen LogP contribution in [0.15, 0.2) is 23.6 Å². The number of thiophene rings is 1. The lowest BCUT2D eigenvalue weighted by Crippen LogP contribution is -2.48. The maximum atomic E-state index is 12.3. The van der Waals surface area contributed by atoms with Crippen molar-refractivity contribution in [3.63, 3.8) is 0 Å². The molecule has 7 heteroatoms. The SMILES string of the molecule is CCc1cc(C(=O)NNC(=O)[C@H]2[C@@H](C(=O)O)[C@H]3C=C[C@H]2C3)cs1. The average molecular weight is 334 g/mol. The zero-order chi connectivity index (χ0) is 16.6. The molecular formula is C16H18N2O4S. The van der Waals surface area contributed by atoms with Crippen LogP contribution in [0.1, 0.15) is 28.6 Å². The van der Waals surface area contributed by atoms with Crippen molar-refractivity contribution in [2.45, 2.75) is 19.8 Å². The van der Waals surface area contributed by atoms with Crippen molar-refractivity contribution >= 4 is 29.1 Å². The molecule has 2 bridgehead atoms. The first-order chi connectivity index (χ1) is 11.0. The fraction of sp³-hybridized carbons (Fsp3) is 0.438. The summed E-state index contributed by atoms with van der Waals surface area (Å²) >= 11 is 1.49. The van der Waals surface area contributed by atoms with Gasteiger partial charge in [0.25, 0.3) is 5.91 Å². The average Bonchev–Trinajstić information content (AvgIpc) is 3.25. The molecule has 122 valence electrons. The van der Waals surface area contributed by atoms with Crippen molar-refractivity contribution in [1.82, 2.24) is 10.9 Å². The number of nitrogens with one attached hydrogen (secondary N) is 2. The van der Waals surface area contributed by atoms with Gasteiger partial charge in [-0.25, -0.2) is 0 Å². The third-order valence-electron chi connectivity index (χ3n) is 4.61. The normalized spacial score (nSPS) is 27.9. The zero-order valence-corrected chi connectivity index (χ0v) is 13.4. The fourth-order valence-corrected chi connectivity index (χ4v) is 4.29. The number of carbonyl (C=O) groups is 3. The smallest absolute Gasteiger partial charge is 0.307 e. The minimum Gasteiger partial charge on any atom is -0.481 e. The number of allylic oxidation sites excluding steroid dienone is 2. The van der Waals surface area contributed by atoms with E-state index in [-0.39, 0.29) is 17.7 Å². The summed E-state index contributed by atoms with van der Waals surface area (Å²) < 4.78 is 0. The quantitative estimate of drug-likeness (QED) is 0.575. The lowest BCUT2D eigenvalue weighted by atomic mass is 9.82. The van der Waals surface area contributed by atoms with Gasteiger partial charge in [-0.15, -0.1) is 11.3 Å². The van der Waals surface area contributed by atoms with E-state index in [1.165, 1.54) is 11.3 Å². The van der Waals surface area contributed by atoms with Crippen LogP contribution in [-0.2, 0) is 16.0 Å². The van der Waals surface area contributed by atoms with Crippen LogP contribution in [0.5, 0.6) is 0 Å². The van der Waals surface area contributed by atoms with E-state index in [0.29, 0.717) is 12.0 Å². The number of aryl methyl sites for hydroxylation is 1. The molecule has 4 atom stereocenters. The monoisotopic (exact) mass is 334 g/mol. The minimum absolute atomic E-state index is 0.0640. The molecule has 2 amide bonds. The highest BCUT2D eigenvalue weighted by molar-refractivity contribution is 7.10. The second-order valence-corrected chi connectivity index (χ2v) is 6.93. The van der Waals surface area contributed by atoms with E-state index in [9.17, 15) is 19.5 Å². The van der Waals surface area contributed by atoms with E-state index >= 15 is 0 Å². The Kier molecular flexibility index (Phi) is 4.21. The van der Waals surface area contributed by atoms with Crippen molar-refractivity contribution in [2.75, 3.05) is 0 Å². The van der Waals surface area contributed by atoms with Crippen LogP contribution >= 0.6 is 11.3 Å². The molecule has 3 rings (SSSR count). The van der Waals surface area contributed by atoms with Crippen LogP contribution in [0.4, 0.5) is 0 Å². The van der Waals surface area contributed by atoms with Gasteiger partial charge >= 0.3 is 5.97 Å².